The van der Waals surface area contributed by atoms with Crippen LogP contribution in [-0.2, 0) is 20.8 Å². The minimum atomic E-state index is -0.920. The Bertz CT molecular complexity index is 1780. The van der Waals surface area contributed by atoms with Crippen molar-refractivity contribution in [1.82, 2.24) is 9.88 Å². The van der Waals surface area contributed by atoms with Gasteiger partial charge in [0.15, 0.2) is 11.4 Å². The first-order valence-corrected chi connectivity index (χ1v) is 15.6. The van der Waals surface area contributed by atoms with Gasteiger partial charge < -0.3 is 28.8 Å². The zero-order chi connectivity index (χ0) is 35.0. The minimum absolute atomic E-state index is 0.0788. The molecule has 4 aromatic rings. The van der Waals surface area contributed by atoms with Crippen LogP contribution in [0.4, 0.5) is 4.79 Å². The maximum absolute atomic E-state index is 13.9. The van der Waals surface area contributed by atoms with E-state index in [0.717, 1.165) is 34.9 Å². The van der Waals surface area contributed by atoms with Crippen molar-refractivity contribution in [3.05, 3.63) is 134 Å². The van der Waals surface area contributed by atoms with E-state index in [2.05, 4.69) is 5.32 Å². The van der Waals surface area contributed by atoms with Gasteiger partial charge in [-0.3, -0.25) is 4.79 Å². The lowest BCUT2D eigenvalue weighted by Crippen LogP contribution is -2.40. The van der Waals surface area contributed by atoms with E-state index >= 15 is 0 Å². The molecule has 10 heteroatoms. The first kappa shape index (κ1) is 35.5. The third-order valence-corrected chi connectivity index (χ3v) is 7.85. The lowest BCUT2D eigenvalue weighted by atomic mass is 9.80. The number of nitrogens with zero attached hydrogens (tertiary/aromatic N) is 1. The highest BCUT2D eigenvalue weighted by molar-refractivity contribution is 5.94. The van der Waals surface area contributed by atoms with Gasteiger partial charge >= 0.3 is 18.0 Å². The van der Waals surface area contributed by atoms with Gasteiger partial charge in [-0.2, -0.15) is 0 Å². The Morgan fingerprint density at radius 3 is 1.85 bits per heavy atom. The Morgan fingerprint density at radius 1 is 0.792 bits per heavy atom. The maximum Gasteiger partial charge on any atom is 0.407 e. The van der Waals surface area contributed by atoms with Gasteiger partial charge in [0.05, 0.1) is 20.3 Å². The van der Waals surface area contributed by atoms with Crippen molar-refractivity contribution in [1.29, 1.82) is 0 Å². The van der Waals surface area contributed by atoms with E-state index < -0.39 is 41.0 Å². The SMILES string of the molecule is COC(=O)c1cn(C(CNC(=O)OC(C)(C)C)C(c2ccccc2C)c2ccccc2C)c(C(=O)OC)c(OCc2ccccc2)c1=O. The second kappa shape index (κ2) is 15.5. The average molecular weight is 655 g/mol. The molecule has 0 fully saturated rings. The highest BCUT2D eigenvalue weighted by Gasteiger charge is 2.36. The lowest BCUT2D eigenvalue weighted by molar-refractivity contribution is 0.0514. The van der Waals surface area contributed by atoms with Crippen LogP contribution >= 0.6 is 0 Å². The van der Waals surface area contributed by atoms with E-state index in [9.17, 15) is 19.2 Å². The number of benzene rings is 3. The van der Waals surface area contributed by atoms with E-state index in [1.807, 2.05) is 80.6 Å². The van der Waals surface area contributed by atoms with Crippen LogP contribution < -0.4 is 15.5 Å². The summed E-state index contributed by atoms with van der Waals surface area (Å²) in [6, 6.07) is 23.8. The number of methoxy groups -OCH3 is 2. The van der Waals surface area contributed by atoms with E-state index in [-0.39, 0.29) is 30.2 Å². The van der Waals surface area contributed by atoms with Crippen LogP contribution in [0.3, 0.4) is 0 Å². The molecule has 0 aliphatic heterocycles. The van der Waals surface area contributed by atoms with Crippen LogP contribution in [0.2, 0.25) is 0 Å². The molecule has 0 spiro atoms. The summed E-state index contributed by atoms with van der Waals surface area (Å²) >= 11 is 0. The fraction of sp³-hybridized carbons (Fsp3) is 0.316. The molecule has 0 saturated carbocycles. The van der Waals surface area contributed by atoms with Crippen molar-refractivity contribution in [3.63, 3.8) is 0 Å². The van der Waals surface area contributed by atoms with Gasteiger partial charge in [-0.15, -0.1) is 0 Å². The Kier molecular flexibility index (Phi) is 11.4. The molecule has 0 bridgehead atoms. The first-order chi connectivity index (χ1) is 22.9. The smallest absolute Gasteiger partial charge is 0.407 e. The summed E-state index contributed by atoms with van der Waals surface area (Å²) in [6.45, 7) is 9.04. The van der Waals surface area contributed by atoms with Crippen LogP contribution in [0.25, 0.3) is 0 Å². The molecule has 1 amide bonds. The number of aromatic nitrogens is 1. The summed E-state index contributed by atoms with van der Waals surface area (Å²) in [7, 11) is 2.36. The largest absolute Gasteiger partial charge is 0.482 e. The molecule has 1 aromatic heterocycles. The van der Waals surface area contributed by atoms with Crippen LogP contribution in [0.1, 0.15) is 81.4 Å². The highest BCUT2D eigenvalue weighted by atomic mass is 16.6. The summed E-state index contributed by atoms with van der Waals surface area (Å²) in [5.41, 5.74) is 2.20. The van der Waals surface area contributed by atoms with Gasteiger partial charge in [-0.05, 0) is 62.4 Å². The van der Waals surface area contributed by atoms with Gasteiger partial charge in [0.1, 0.15) is 17.8 Å². The number of carbonyl (C=O) groups excluding carboxylic acids is 3. The van der Waals surface area contributed by atoms with Gasteiger partial charge in [0.25, 0.3) is 0 Å². The highest BCUT2D eigenvalue weighted by Crippen LogP contribution is 2.40. The average Bonchev–Trinajstić information content (AvgIpc) is 3.06. The van der Waals surface area contributed by atoms with Crippen molar-refractivity contribution in [3.8, 4) is 5.75 Å². The van der Waals surface area contributed by atoms with E-state index in [1.165, 1.54) is 17.9 Å². The molecule has 0 saturated heterocycles. The predicted molar refractivity (Wildman–Crippen MR) is 182 cm³/mol. The molecule has 48 heavy (non-hydrogen) atoms. The third-order valence-electron chi connectivity index (χ3n) is 7.85. The summed E-state index contributed by atoms with van der Waals surface area (Å²) in [4.78, 5) is 53.9. The quantitative estimate of drug-likeness (QED) is 0.143. The zero-order valence-electron chi connectivity index (χ0n) is 28.4. The molecule has 1 N–H and O–H groups in total. The van der Waals surface area contributed by atoms with Gasteiger partial charge in [0.2, 0.25) is 5.43 Å². The summed E-state index contributed by atoms with van der Waals surface area (Å²) in [5.74, 6) is -2.70. The second-order valence-corrected chi connectivity index (χ2v) is 12.4. The summed E-state index contributed by atoms with van der Waals surface area (Å²) in [6.07, 6.45) is 0.594. The Morgan fingerprint density at radius 2 is 1.33 bits per heavy atom. The Balaban J connectivity index is 2.07. The predicted octanol–water partition coefficient (Wildman–Crippen LogP) is 6.52. The second-order valence-electron chi connectivity index (χ2n) is 12.4. The van der Waals surface area contributed by atoms with Gasteiger partial charge in [-0.25, -0.2) is 14.4 Å². The number of hydrogen-bond acceptors (Lipinski definition) is 8. The number of alkyl carbamates (subject to hydrolysis) is 1. The molecule has 1 heterocycles. The van der Waals surface area contributed by atoms with E-state index in [4.69, 9.17) is 18.9 Å². The Labute approximate surface area is 280 Å². The monoisotopic (exact) mass is 654 g/mol. The number of aryl methyl sites for hydroxylation is 2. The fourth-order valence-electron chi connectivity index (χ4n) is 5.62. The molecule has 3 aromatic carbocycles. The molecule has 0 radical (unpaired) electrons. The third kappa shape index (κ3) is 8.31. The fourth-order valence-corrected chi connectivity index (χ4v) is 5.62. The van der Waals surface area contributed by atoms with Crippen LogP contribution in [0.5, 0.6) is 5.75 Å². The number of hydrogen-bond donors (Lipinski definition) is 1. The molecule has 1 unspecified atom stereocenters. The summed E-state index contributed by atoms with van der Waals surface area (Å²) < 4.78 is 23.4. The van der Waals surface area contributed by atoms with Crippen LogP contribution in [0.15, 0.2) is 89.9 Å². The van der Waals surface area contributed by atoms with Crippen LogP contribution in [-0.4, -0.2) is 49.0 Å². The number of esters is 2. The van der Waals surface area contributed by atoms with Crippen LogP contribution in [0, 0.1) is 13.8 Å². The van der Waals surface area contributed by atoms with Crippen molar-refractivity contribution < 1.29 is 33.3 Å². The molecule has 1 atom stereocenters. The number of amides is 1. The number of nitrogens with one attached hydrogen (secondary N) is 1. The van der Waals surface area contributed by atoms with E-state index in [1.54, 1.807) is 32.9 Å². The minimum Gasteiger partial charge on any atom is -0.482 e. The number of pyridine rings is 1. The maximum atomic E-state index is 13.9. The van der Waals surface area contributed by atoms with Gasteiger partial charge in [0, 0.05) is 18.7 Å². The molecule has 252 valence electrons. The van der Waals surface area contributed by atoms with Crippen molar-refractivity contribution in [2.45, 2.75) is 58.8 Å². The number of carbonyl (C=O) groups is 3. The van der Waals surface area contributed by atoms with Crippen molar-refractivity contribution >= 4 is 18.0 Å². The first-order valence-electron chi connectivity index (χ1n) is 15.6. The topological polar surface area (TPSA) is 122 Å². The molecule has 0 aliphatic carbocycles. The summed E-state index contributed by atoms with van der Waals surface area (Å²) in [5, 5.41) is 2.87. The zero-order valence-corrected chi connectivity index (χ0v) is 28.4. The van der Waals surface area contributed by atoms with Crippen molar-refractivity contribution in [2.24, 2.45) is 0 Å². The molecule has 10 nitrogen and oxygen atoms in total. The molecule has 4 rings (SSSR count). The molecular formula is C38H42N2O8. The molecule has 0 aliphatic rings. The van der Waals surface area contributed by atoms with Gasteiger partial charge in [-0.1, -0.05) is 78.9 Å². The van der Waals surface area contributed by atoms with Crippen molar-refractivity contribution in [2.75, 3.05) is 20.8 Å². The normalized spacial score (nSPS) is 11.8. The van der Waals surface area contributed by atoms with E-state index in [0.29, 0.717) is 0 Å². The Hall–Kier alpha value is -5.38. The number of rotatable bonds is 11. The standard InChI is InChI=1S/C38H42N2O8/c1-24-15-11-13-19-27(24)31(28-20-14-12-16-25(28)2)30(21-39-37(44)48-38(3,4)5)40-22-29(35(42)45-6)33(41)34(32(40)36(43)46-7)47-23-26-17-9-8-10-18-26/h8-20,22,30-31H,21,23H2,1-7H3,(H,39,44). The lowest BCUT2D eigenvalue weighted by Gasteiger charge is -2.34. The molecular weight excluding hydrogens is 612 g/mol. The number of ether oxygens (including phenoxy) is 4.